The van der Waals surface area contributed by atoms with Crippen LogP contribution < -0.4 is 15.4 Å². The minimum atomic E-state index is -5.64. The van der Waals surface area contributed by atoms with E-state index < -0.39 is 55.8 Å². The lowest BCUT2D eigenvalue weighted by atomic mass is 9.83. The Bertz CT molecular complexity index is 1780. The number of aryl methyl sites for hydroxylation is 1. The Morgan fingerprint density at radius 1 is 1.07 bits per heavy atom. The van der Waals surface area contributed by atoms with Crippen LogP contribution in [0.4, 0.5) is 23.2 Å². The predicted octanol–water partition coefficient (Wildman–Crippen LogP) is 4.39. The molecule has 4 unspecified atom stereocenters. The molecule has 3 aromatic rings. The third kappa shape index (κ3) is 6.52. The number of carbonyl (C=O) groups excluding carboxylic acids is 2. The number of hydrogen-bond acceptors (Lipinski definition) is 8. The number of methoxy groups -OCH3 is 1. The molecule has 0 saturated heterocycles. The first kappa shape index (κ1) is 32.8. The highest BCUT2D eigenvalue weighted by Gasteiger charge is 2.52. The van der Waals surface area contributed by atoms with E-state index in [0.717, 1.165) is 24.3 Å². The zero-order chi connectivity index (χ0) is 33.4. The molecule has 4 atom stereocenters. The molecule has 2 aliphatic rings. The van der Waals surface area contributed by atoms with E-state index in [-0.39, 0.29) is 53.1 Å². The number of ether oxygens (including phenoxy) is 1. The Morgan fingerprint density at radius 2 is 1.76 bits per heavy atom. The number of halogens is 4. The van der Waals surface area contributed by atoms with Gasteiger partial charge in [-0.15, -0.1) is 0 Å². The van der Waals surface area contributed by atoms with Gasteiger partial charge in [0.2, 0.25) is 5.91 Å². The fourth-order valence-electron chi connectivity index (χ4n) is 6.15. The number of hydrogen-bond donors (Lipinski definition) is 3. The lowest BCUT2D eigenvalue weighted by molar-refractivity contribution is -0.137. The standard InChI is InChI=1S/C30H28F4N4O7S/c1-45-23-12-22(31)20(27-35-13-15(14-36-27)5-8-24(39)40)11-21(23)28(41)38-26-17-7-6-16(9-17)25(26)29(42)37-18-3-2-4-19(10-18)46(43,44)30(32,33)34/h2-4,10-14,16-17,25-26H,5-9H2,1H3,(H,37,42)(H,38,41)(H,39,40). The second-order valence-electron chi connectivity index (χ2n) is 11.2. The number of aliphatic carboxylic acids is 1. The Morgan fingerprint density at radius 3 is 2.41 bits per heavy atom. The van der Waals surface area contributed by atoms with Gasteiger partial charge in [0.15, 0.2) is 5.82 Å². The number of carboxylic acids is 1. The number of benzene rings is 2. The van der Waals surface area contributed by atoms with Gasteiger partial charge in [-0.05, 0) is 67.3 Å². The minimum Gasteiger partial charge on any atom is -0.496 e. The summed E-state index contributed by atoms with van der Waals surface area (Å²) >= 11 is 0. The lowest BCUT2D eigenvalue weighted by Gasteiger charge is -2.31. The molecule has 2 bridgehead atoms. The molecular formula is C30H28F4N4O7S. The van der Waals surface area contributed by atoms with Gasteiger partial charge in [0.05, 0.1) is 29.1 Å². The van der Waals surface area contributed by atoms with Gasteiger partial charge in [0.1, 0.15) is 11.6 Å². The number of carboxylic acid groups (broad SMARTS) is 1. The molecule has 11 nitrogen and oxygen atoms in total. The van der Waals surface area contributed by atoms with Gasteiger partial charge in [0.25, 0.3) is 15.7 Å². The smallest absolute Gasteiger partial charge is 0.496 e. The normalized spacial score (nSPS) is 20.7. The molecule has 46 heavy (non-hydrogen) atoms. The molecule has 2 fully saturated rings. The van der Waals surface area contributed by atoms with Gasteiger partial charge in [-0.3, -0.25) is 14.4 Å². The summed E-state index contributed by atoms with van der Waals surface area (Å²) in [5.41, 5.74) is -5.33. The van der Waals surface area contributed by atoms with E-state index in [0.29, 0.717) is 24.8 Å². The minimum absolute atomic E-state index is 0.0553. The number of nitrogens with zero attached hydrogens (tertiary/aromatic N) is 2. The summed E-state index contributed by atoms with van der Waals surface area (Å²) in [4.78, 5) is 45.1. The Labute approximate surface area is 260 Å². The Hall–Kier alpha value is -4.60. The number of alkyl halides is 3. The third-order valence-corrected chi connectivity index (χ3v) is 9.82. The van der Waals surface area contributed by atoms with Crippen molar-refractivity contribution in [3.63, 3.8) is 0 Å². The molecule has 3 N–H and O–H groups in total. The number of sulfone groups is 1. The summed E-state index contributed by atoms with van der Waals surface area (Å²) in [7, 11) is -4.39. The molecule has 0 spiro atoms. The van der Waals surface area contributed by atoms with Crippen LogP contribution in [-0.2, 0) is 25.8 Å². The second kappa shape index (κ2) is 12.7. The summed E-state index contributed by atoms with van der Waals surface area (Å²) in [6, 6.07) is 5.38. The lowest BCUT2D eigenvalue weighted by Crippen LogP contribution is -2.48. The molecule has 0 aliphatic heterocycles. The Kier molecular flexibility index (Phi) is 9.02. The van der Waals surface area contributed by atoms with Gasteiger partial charge >= 0.3 is 11.5 Å². The highest BCUT2D eigenvalue weighted by atomic mass is 32.2. The average molecular weight is 665 g/mol. The number of anilines is 1. The molecule has 2 saturated carbocycles. The summed E-state index contributed by atoms with van der Waals surface area (Å²) < 4.78 is 83.3. The largest absolute Gasteiger partial charge is 0.501 e. The second-order valence-corrected chi connectivity index (χ2v) is 13.1. The Balaban J connectivity index is 1.37. The van der Waals surface area contributed by atoms with Crippen LogP contribution in [0.15, 0.2) is 53.7 Å². The molecule has 1 heterocycles. The van der Waals surface area contributed by atoms with Gasteiger partial charge < -0.3 is 20.5 Å². The first-order valence-corrected chi connectivity index (χ1v) is 15.6. The van der Waals surface area contributed by atoms with Gasteiger partial charge in [-0.1, -0.05) is 6.07 Å². The molecule has 16 heteroatoms. The number of aromatic nitrogens is 2. The molecule has 2 aliphatic carbocycles. The zero-order valence-corrected chi connectivity index (χ0v) is 25.0. The van der Waals surface area contributed by atoms with Crippen molar-refractivity contribution in [3.8, 4) is 17.1 Å². The van der Waals surface area contributed by atoms with Crippen molar-refractivity contribution in [1.82, 2.24) is 15.3 Å². The van der Waals surface area contributed by atoms with Gasteiger partial charge in [-0.25, -0.2) is 22.8 Å². The molecule has 2 aromatic carbocycles. The van der Waals surface area contributed by atoms with Crippen molar-refractivity contribution in [1.29, 1.82) is 0 Å². The van der Waals surface area contributed by atoms with E-state index >= 15 is 4.39 Å². The molecule has 1 aromatic heterocycles. The van der Waals surface area contributed by atoms with Gasteiger partial charge in [0, 0.05) is 36.6 Å². The molecule has 244 valence electrons. The maximum atomic E-state index is 15.1. The highest BCUT2D eigenvalue weighted by molar-refractivity contribution is 7.92. The van der Waals surface area contributed by atoms with Crippen LogP contribution >= 0.6 is 0 Å². The van der Waals surface area contributed by atoms with Crippen molar-refractivity contribution in [2.24, 2.45) is 17.8 Å². The first-order valence-electron chi connectivity index (χ1n) is 14.1. The van der Waals surface area contributed by atoms with Crippen molar-refractivity contribution in [3.05, 3.63) is 65.7 Å². The van der Waals surface area contributed by atoms with Crippen molar-refractivity contribution in [2.45, 2.75) is 48.5 Å². The van der Waals surface area contributed by atoms with E-state index in [4.69, 9.17) is 9.84 Å². The fraction of sp³-hybridized carbons (Fsp3) is 0.367. The molecule has 5 rings (SSSR count). The van der Waals surface area contributed by atoms with Crippen LogP contribution in [0.2, 0.25) is 0 Å². The maximum absolute atomic E-state index is 15.1. The van der Waals surface area contributed by atoms with Crippen molar-refractivity contribution < 1.29 is 50.2 Å². The highest BCUT2D eigenvalue weighted by Crippen LogP contribution is 2.49. The summed E-state index contributed by atoms with van der Waals surface area (Å²) in [5, 5.41) is 14.2. The summed E-state index contributed by atoms with van der Waals surface area (Å²) in [5.74, 6) is -4.21. The molecule has 0 radical (unpaired) electrons. The molecular weight excluding hydrogens is 636 g/mol. The van der Waals surface area contributed by atoms with Crippen molar-refractivity contribution >= 4 is 33.3 Å². The van der Waals surface area contributed by atoms with E-state index in [1.54, 1.807) is 0 Å². The van der Waals surface area contributed by atoms with E-state index in [1.165, 1.54) is 31.6 Å². The van der Waals surface area contributed by atoms with Crippen LogP contribution in [0.25, 0.3) is 11.4 Å². The number of carbonyl (C=O) groups is 3. The predicted molar refractivity (Wildman–Crippen MR) is 154 cm³/mol. The SMILES string of the molecule is COc1cc(F)c(-c2ncc(CCC(=O)O)cn2)cc1C(=O)NC1C2CCC(C2)C1C(=O)Nc1cccc(S(=O)(=O)C(F)(F)F)c1. The number of nitrogens with one attached hydrogen (secondary N) is 2. The van der Waals surface area contributed by atoms with Gasteiger partial charge in [-0.2, -0.15) is 13.2 Å². The maximum Gasteiger partial charge on any atom is 0.501 e. The number of rotatable bonds is 10. The van der Waals surface area contributed by atoms with E-state index in [2.05, 4.69) is 20.6 Å². The zero-order valence-electron chi connectivity index (χ0n) is 24.2. The summed E-state index contributed by atoms with van der Waals surface area (Å²) in [6.07, 6.45) is 4.76. The molecule has 2 amide bonds. The summed E-state index contributed by atoms with van der Waals surface area (Å²) in [6.45, 7) is 0. The monoisotopic (exact) mass is 664 g/mol. The van der Waals surface area contributed by atoms with E-state index in [1.807, 2.05) is 0 Å². The number of fused-ring (bicyclic) bond motifs is 2. The average Bonchev–Trinajstić information content (AvgIpc) is 3.62. The fourth-order valence-corrected chi connectivity index (χ4v) is 6.96. The van der Waals surface area contributed by atoms with Crippen molar-refractivity contribution in [2.75, 3.05) is 12.4 Å². The van der Waals surface area contributed by atoms with Crippen LogP contribution in [0.5, 0.6) is 5.75 Å². The first-order chi connectivity index (χ1) is 21.7. The van der Waals surface area contributed by atoms with Crippen LogP contribution in [0, 0.1) is 23.6 Å². The third-order valence-electron chi connectivity index (χ3n) is 8.34. The topological polar surface area (TPSA) is 165 Å². The van der Waals surface area contributed by atoms with Crippen LogP contribution in [-0.4, -0.2) is 59.9 Å². The van der Waals surface area contributed by atoms with Crippen LogP contribution in [0.3, 0.4) is 0 Å². The van der Waals surface area contributed by atoms with E-state index in [9.17, 15) is 36.0 Å². The number of amides is 2. The van der Waals surface area contributed by atoms with Crippen LogP contribution in [0.1, 0.15) is 41.6 Å². The quantitative estimate of drug-likeness (QED) is 0.267.